The Morgan fingerprint density at radius 1 is 1.50 bits per heavy atom. The van der Waals surface area contributed by atoms with Crippen molar-refractivity contribution in [2.24, 2.45) is 11.8 Å². The third-order valence-corrected chi connectivity index (χ3v) is 1.77. The zero-order valence-electron chi connectivity index (χ0n) is 6.87. The van der Waals surface area contributed by atoms with Gasteiger partial charge in [-0.1, -0.05) is 20.8 Å². The highest BCUT2D eigenvalue weighted by atomic mass is 16.3. The van der Waals surface area contributed by atoms with E-state index in [4.69, 9.17) is 0 Å². The molecule has 2 nitrogen and oxygen atoms in total. The van der Waals surface area contributed by atoms with Crippen molar-refractivity contribution in [1.82, 2.24) is 0 Å². The Hall–Kier alpha value is -0.370. The van der Waals surface area contributed by atoms with E-state index in [-0.39, 0.29) is 11.8 Å². The fourth-order valence-corrected chi connectivity index (χ4v) is 0.913. The molecule has 0 aromatic heterocycles. The Morgan fingerprint density at radius 3 is 2.10 bits per heavy atom. The SMILES string of the molecule is CCC(C=O)C(O)C(C)C. The van der Waals surface area contributed by atoms with Gasteiger partial charge in [-0.3, -0.25) is 0 Å². The van der Waals surface area contributed by atoms with Gasteiger partial charge in [0, 0.05) is 5.92 Å². The lowest BCUT2D eigenvalue weighted by Gasteiger charge is -2.18. The quantitative estimate of drug-likeness (QED) is 0.602. The monoisotopic (exact) mass is 144 g/mol. The van der Waals surface area contributed by atoms with Crippen molar-refractivity contribution in [3.8, 4) is 0 Å². The Morgan fingerprint density at radius 2 is 2.00 bits per heavy atom. The van der Waals surface area contributed by atoms with Crippen LogP contribution < -0.4 is 0 Å². The minimum atomic E-state index is -0.470. The molecule has 60 valence electrons. The van der Waals surface area contributed by atoms with Crippen LogP contribution in [0.2, 0.25) is 0 Å². The smallest absolute Gasteiger partial charge is 0.125 e. The molecule has 0 bridgehead atoms. The fourth-order valence-electron chi connectivity index (χ4n) is 0.913. The normalized spacial score (nSPS) is 16.9. The summed E-state index contributed by atoms with van der Waals surface area (Å²) in [6.45, 7) is 5.73. The first-order valence-electron chi connectivity index (χ1n) is 3.76. The Bertz CT molecular complexity index is 99.4. The molecule has 10 heavy (non-hydrogen) atoms. The van der Waals surface area contributed by atoms with Gasteiger partial charge in [0.25, 0.3) is 0 Å². The molecule has 0 aliphatic rings. The highest BCUT2D eigenvalue weighted by molar-refractivity contribution is 5.54. The molecule has 0 aromatic rings. The van der Waals surface area contributed by atoms with Crippen LogP contribution in [0.4, 0.5) is 0 Å². The molecule has 1 N–H and O–H groups in total. The lowest BCUT2D eigenvalue weighted by atomic mass is 9.93. The maximum Gasteiger partial charge on any atom is 0.125 e. The number of carbonyl (C=O) groups excluding carboxylic acids is 1. The van der Waals surface area contributed by atoms with Gasteiger partial charge >= 0.3 is 0 Å². The summed E-state index contributed by atoms with van der Waals surface area (Å²) in [6, 6.07) is 0. The van der Waals surface area contributed by atoms with E-state index in [0.29, 0.717) is 0 Å². The van der Waals surface area contributed by atoms with E-state index in [0.717, 1.165) is 12.7 Å². The van der Waals surface area contributed by atoms with Crippen LogP contribution in [0.15, 0.2) is 0 Å². The highest BCUT2D eigenvalue weighted by Crippen LogP contribution is 2.13. The average molecular weight is 144 g/mol. The number of hydrogen-bond acceptors (Lipinski definition) is 2. The lowest BCUT2D eigenvalue weighted by molar-refractivity contribution is -0.115. The third kappa shape index (κ3) is 2.48. The minimum Gasteiger partial charge on any atom is -0.392 e. The van der Waals surface area contributed by atoms with Crippen LogP contribution in [0.25, 0.3) is 0 Å². The van der Waals surface area contributed by atoms with Gasteiger partial charge in [-0.2, -0.15) is 0 Å². The molecule has 0 heterocycles. The van der Waals surface area contributed by atoms with E-state index in [1.54, 1.807) is 0 Å². The molecule has 0 aliphatic heterocycles. The maximum atomic E-state index is 10.3. The van der Waals surface area contributed by atoms with Crippen molar-refractivity contribution in [2.45, 2.75) is 33.3 Å². The number of aliphatic hydroxyl groups excluding tert-OH is 1. The summed E-state index contributed by atoms with van der Waals surface area (Å²) in [5.41, 5.74) is 0. The second-order valence-electron chi connectivity index (χ2n) is 2.94. The maximum absolute atomic E-state index is 10.3. The van der Waals surface area contributed by atoms with Gasteiger partial charge in [-0.15, -0.1) is 0 Å². The van der Waals surface area contributed by atoms with Gasteiger partial charge < -0.3 is 9.90 Å². The van der Waals surface area contributed by atoms with Crippen LogP contribution in [0.3, 0.4) is 0 Å². The van der Waals surface area contributed by atoms with Gasteiger partial charge in [0.15, 0.2) is 0 Å². The van der Waals surface area contributed by atoms with Crippen molar-refractivity contribution < 1.29 is 9.90 Å². The zero-order chi connectivity index (χ0) is 8.15. The van der Waals surface area contributed by atoms with E-state index in [1.165, 1.54) is 0 Å². The van der Waals surface area contributed by atoms with Gasteiger partial charge in [0.1, 0.15) is 6.29 Å². The van der Waals surface area contributed by atoms with Crippen LogP contribution in [0.1, 0.15) is 27.2 Å². The fraction of sp³-hybridized carbons (Fsp3) is 0.875. The van der Waals surface area contributed by atoms with Crippen LogP contribution in [0, 0.1) is 11.8 Å². The molecular formula is C8H16O2. The molecular weight excluding hydrogens is 128 g/mol. The van der Waals surface area contributed by atoms with Gasteiger partial charge in [-0.25, -0.2) is 0 Å². The Labute approximate surface area is 62.2 Å². The predicted octanol–water partition coefficient (Wildman–Crippen LogP) is 1.23. The van der Waals surface area contributed by atoms with E-state index in [1.807, 2.05) is 20.8 Å². The Balaban J connectivity index is 3.87. The van der Waals surface area contributed by atoms with E-state index in [9.17, 15) is 9.90 Å². The predicted molar refractivity (Wildman–Crippen MR) is 40.7 cm³/mol. The lowest BCUT2D eigenvalue weighted by Crippen LogP contribution is -2.26. The summed E-state index contributed by atoms with van der Waals surface area (Å²) in [6.07, 6.45) is 1.09. The van der Waals surface area contributed by atoms with Gasteiger partial charge in [0.05, 0.1) is 6.10 Å². The van der Waals surface area contributed by atoms with Crippen LogP contribution in [-0.2, 0) is 4.79 Å². The highest BCUT2D eigenvalue weighted by Gasteiger charge is 2.19. The number of hydrogen-bond donors (Lipinski definition) is 1. The van der Waals surface area contributed by atoms with E-state index >= 15 is 0 Å². The average Bonchev–Trinajstić information content (AvgIpc) is 1.90. The summed E-state index contributed by atoms with van der Waals surface area (Å²) in [5.74, 6) is -0.00449. The number of rotatable bonds is 4. The molecule has 0 rings (SSSR count). The first-order chi connectivity index (χ1) is 4.63. The molecule has 0 fully saturated rings. The van der Waals surface area contributed by atoms with Gasteiger partial charge in [0.2, 0.25) is 0 Å². The topological polar surface area (TPSA) is 37.3 Å². The first-order valence-corrected chi connectivity index (χ1v) is 3.76. The summed E-state index contributed by atoms with van der Waals surface area (Å²) in [7, 11) is 0. The zero-order valence-corrected chi connectivity index (χ0v) is 6.87. The molecule has 0 saturated heterocycles. The summed E-state index contributed by atoms with van der Waals surface area (Å²) < 4.78 is 0. The number of carbonyl (C=O) groups is 1. The molecule has 0 aromatic carbocycles. The van der Waals surface area contributed by atoms with Crippen molar-refractivity contribution in [3.05, 3.63) is 0 Å². The largest absolute Gasteiger partial charge is 0.392 e. The molecule has 2 heteroatoms. The molecule has 0 saturated carbocycles. The second-order valence-corrected chi connectivity index (χ2v) is 2.94. The van der Waals surface area contributed by atoms with Crippen LogP contribution in [-0.4, -0.2) is 17.5 Å². The molecule has 0 radical (unpaired) electrons. The summed E-state index contributed by atoms with van der Waals surface area (Å²) in [5, 5.41) is 9.35. The molecule has 2 atom stereocenters. The molecule has 0 spiro atoms. The van der Waals surface area contributed by atoms with Gasteiger partial charge in [-0.05, 0) is 12.3 Å². The van der Waals surface area contributed by atoms with Crippen molar-refractivity contribution in [1.29, 1.82) is 0 Å². The van der Waals surface area contributed by atoms with Crippen LogP contribution >= 0.6 is 0 Å². The number of aldehydes is 1. The third-order valence-electron chi connectivity index (χ3n) is 1.77. The standard InChI is InChI=1S/C8H16O2/c1-4-7(5-9)8(10)6(2)3/h5-8,10H,4H2,1-3H3. The molecule has 0 amide bonds. The van der Waals surface area contributed by atoms with Crippen LogP contribution in [0.5, 0.6) is 0 Å². The summed E-state index contributed by atoms with van der Waals surface area (Å²) in [4.78, 5) is 10.3. The minimum absolute atomic E-state index is 0.176. The first kappa shape index (κ1) is 9.63. The summed E-state index contributed by atoms with van der Waals surface area (Å²) >= 11 is 0. The molecule has 2 unspecified atom stereocenters. The second kappa shape index (κ2) is 4.45. The van der Waals surface area contributed by atoms with Crippen molar-refractivity contribution >= 4 is 6.29 Å². The van der Waals surface area contributed by atoms with E-state index in [2.05, 4.69) is 0 Å². The number of aliphatic hydroxyl groups is 1. The van der Waals surface area contributed by atoms with Crippen molar-refractivity contribution in [2.75, 3.05) is 0 Å². The van der Waals surface area contributed by atoms with Crippen molar-refractivity contribution in [3.63, 3.8) is 0 Å². The van der Waals surface area contributed by atoms with E-state index < -0.39 is 6.10 Å². The Kier molecular flexibility index (Phi) is 4.28. The molecule has 0 aliphatic carbocycles.